The molecule has 0 bridgehead atoms. The van der Waals surface area contributed by atoms with Crippen molar-refractivity contribution >= 4 is 0 Å². The molecular formula is C17H21NO2. The number of phenolic OH excluding ortho intramolecular Hbond substituents is 1. The molecule has 2 aromatic rings. The zero-order valence-corrected chi connectivity index (χ0v) is 12.0. The maximum atomic E-state index is 9.44. The summed E-state index contributed by atoms with van der Waals surface area (Å²) in [6.07, 6.45) is 0. The van der Waals surface area contributed by atoms with Crippen molar-refractivity contribution in [2.75, 3.05) is 0 Å². The Labute approximate surface area is 120 Å². The van der Waals surface area contributed by atoms with Crippen molar-refractivity contribution in [2.24, 2.45) is 0 Å². The standard InChI is InChI=1S/C17H21NO2/c1-13(2)18-11-15-7-3-4-9-17(15)20-12-14-6-5-8-16(19)10-14/h3-10,13,18-19H,11-12H2,1-2H3. The molecule has 0 aliphatic heterocycles. The second-order valence-corrected chi connectivity index (χ2v) is 5.10. The largest absolute Gasteiger partial charge is 0.508 e. The Hall–Kier alpha value is -2.00. The van der Waals surface area contributed by atoms with Crippen LogP contribution in [0.3, 0.4) is 0 Å². The molecule has 0 radical (unpaired) electrons. The molecule has 0 atom stereocenters. The summed E-state index contributed by atoms with van der Waals surface area (Å²) >= 11 is 0. The van der Waals surface area contributed by atoms with E-state index in [0.717, 1.165) is 23.4 Å². The number of benzene rings is 2. The van der Waals surface area contributed by atoms with Crippen LogP contribution in [0.4, 0.5) is 0 Å². The highest BCUT2D eigenvalue weighted by atomic mass is 16.5. The molecule has 0 aromatic heterocycles. The maximum absolute atomic E-state index is 9.44. The number of para-hydroxylation sites is 1. The van der Waals surface area contributed by atoms with Crippen molar-refractivity contribution in [1.29, 1.82) is 0 Å². The SMILES string of the molecule is CC(C)NCc1ccccc1OCc1cccc(O)c1. The minimum Gasteiger partial charge on any atom is -0.508 e. The van der Waals surface area contributed by atoms with E-state index in [4.69, 9.17) is 4.74 Å². The van der Waals surface area contributed by atoms with Gasteiger partial charge in [0.1, 0.15) is 18.1 Å². The van der Waals surface area contributed by atoms with Crippen LogP contribution in [0.5, 0.6) is 11.5 Å². The van der Waals surface area contributed by atoms with Gasteiger partial charge in [0.2, 0.25) is 0 Å². The van der Waals surface area contributed by atoms with Gasteiger partial charge < -0.3 is 15.2 Å². The Morgan fingerprint density at radius 2 is 1.90 bits per heavy atom. The van der Waals surface area contributed by atoms with Crippen molar-refractivity contribution in [3.05, 3.63) is 59.7 Å². The molecule has 2 aromatic carbocycles. The fourth-order valence-electron chi connectivity index (χ4n) is 1.91. The lowest BCUT2D eigenvalue weighted by molar-refractivity contribution is 0.301. The molecular weight excluding hydrogens is 250 g/mol. The summed E-state index contributed by atoms with van der Waals surface area (Å²) < 4.78 is 5.86. The Balaban J connectivity index is 2.02. The van der Waals surface area contributed by atoms with Crippen LogP contribution in [0.15, 0.2) is 48.5 Å². The van der Waals surface area contributed by atoms with E-state index in [-0.39, 0.29) is 5.75 Å². The third-order valence-corrected chi connectivity index (χ3v) is 2.98. The fourth-order valence-corrected chi connectivity index (χ4v) is 1.91. The third kappa shape index (κ3) is 4.28. The van der Waals surface area contributed by atoms with Gasteiger partial charge in [0, 0.05) is 18.2 Å². The number of hydrogen-bond donors (Lipinski definition) is 2. The quantitative estimate of drug-likeness (QED) is 0.845. The lowest BCUT2D eigenvalue weighted by Crippen LogP contribution is -2.22. The molecule has 106 valence electrons. The van der Waals surface area contributed by atoms with Crippen molar-refractivity contribution in [3.63, 3.8) is 0 Å². The predicted molar refractivity (Wildman–Crippen MR) is 80.9 cm³/mol. The van der Waals surface area contributed by atoms with E-state index in [2.05, 4.69) is 25.2 Å². The van der Waals surface area contributed by atoms with E-state index >= 15 is 0 Å². The van der Waals surface area contributed by atoms with Crippen LogP contribution in [-0.4, -0.2) is 11.1 Å². The molecule has 0 heterocycles. The average Bonchev–Trinajstić information content (AvgIpc) is 2.44. The van der Waals surface area contributed by atoms with Gasteiger partial charge >= 0.3 is 0 Å². The molecule has 2 N–H and O–H groups in total. The summed E-state index contributed by atoms with van der Waals surface area (Å²) in [6, 6.07) is 15.6. The van der Waals surface area contributed by atoms with E-state index in [1.165, 1.54) is 0 Å². The van der Waals surface area contributed by atoms with Gasteiger partial charge in [-0.25, -0.2) is 0 Å². The lowest BCUT2D eigenvalue weighted by Gasteiger charge is -2.13. The van der Waals surface area contributed by atoms with Crippen LogP contribution in [0.1, 0.15) is 25.0 Å². The molecule has 2 rings (SSSR count). The first-order chi connectivity index (χ1) is 9.65. The minimum atomic E-state index is 0.265. The smallest absolute Gasteiger partial charge is 0.124 e. The van der Waals surface area contributed by atoms with E-state index < -0.39 is 0 Å². The molecule has 0 amide bonds. The molecule has 0 aliphatic rings. The van der Waals surface area contributed by atoms with Gasteiger partial charge in [-0.2, -0.15) is 0 Å². The highest BCUT2D eigenvalue weighted by Gasteiger charge is 2.04. The number of ether oxygens (including phenoxy) is 1. The fraction of sp³-hybridized carbons (Fsp3) is 0.294. The van der Waals surface area contributed by atoms with E-state index in [9.17, 15) is 5.11 Å². The van der Waals surface area contributed by atoms with Crippen LogP contribution in [0.2, 0.25) is 0 Å². The Morgan fingerprint density at radius 3 is 2.65 bits per heavy atom. The summed E-state index contributed by atoms with van der Waals surface area (Å²) in [4.78, 5) is 0. The highest BCUT2D eigenvalue weighted by molar-refractivity contribution is 5.34. The molecule has 3 heteroatoms. The lowest BCUT2D eigenvalue weighted by atomic mass is 10.2. The van der Waals surface area contributed by atoms with Crippen molar-refractivity contribution in [3.8, 4) is 11.5 Å². The average molecular weight is 271 g/mol. The normalized spacial score (nSPS) is 10.8. The van der Waals surface area contributed by atoms with E-state index in [1.54, 1.807) is 12.1 Å². The van der Waals surface area contributed by atoms with Crippen LogP contribution in [-0.2, 0) is 13.2 Å². The topological polar surface area (TPSA) is 41.5 Å². The van der Waals surface area contributed by atoms with Gasteiger partial charge in [0.15, 0.2) is 0 Å². The summed E-state index contributed by atoms with van der Waals surface area (Å²) in [5.74, 6) is 1.14. The Bertz CT molecular complexity index is 552. The van der Waals surface area contributed by atoms with Crippen molar-refractivity contribution in [2.45, 2.75) is 33.0 Å². The summed E-state index contributed by atoms with van der Waals surface area (Å²) in [5.41, 5.74) is 2.10. The van der Waals surface area contributed by atoms with E-state index in [0.29, 0.717) is 12.6 Å². The second kappa shape index (κ2) is 6.96. The summed E-state index contributed by atoms with van der Waals surface area (Å²) in [7, 11) is 0. The molecule has 0 fully saturated rings. The highest BCUT2D eigenvalue weighted by Crippen LogP contribution is 2.20. The van der Waals surface area contributed by atoms with Crippen LogP contribution in [0, 0.1) is 0 Å². The molecule has 0 saturated carbocycles. The molecule has 3 nitrogen and oxygen atoms in total. The van der Waals surface area contributed by atoms with Crippen molar-refractivity contribution < 1.29 is 9.84 Å². The number of aromatic hydroxyl groups is 1. The molecule has 0 spiro atoms. The molecule has 0 saturated heterocycles. The summed E-state index contributed by atoms with van der Waals surface area (Å²) in [5, 5.41) is 12.8. The molecule has 20 heavy (non-hydrogen) atoms. The zero-order valence-electron chi connectivity index (χ0n) is 12.0. The van der Waals surface area contributed by atoms with Crippen LogP contribution >= 0.6 is 0 Å². The maximum Gasteiger partial charge on any atom is 0.124 e. The van der Waals surface area contributed by atoms with Crippen LogP contribution < -0.4 is 10.1 Å². The van der Waals surface area contributed by atoms with Crippen molar-refractivity contribution in [1.82, 2.24) is 5.32 Å². The number of rotatable bonds is 6. The first kappa shape index (κ1) is 14.4. The first-order valence-corrected chi connectivity index (χ1v) is 6.87. The van der Waals surface area contributed by atoms with E-state index in [1.807, 2.05) is 30.3 Å². The second-order valence-electron chi connectivity index (χ2n) is 5.10. The van der Waals surface area contributed by atoms with Gasteiger partial charge in [-0.1, -0.05) is 44.2 Å². The van der Waals surface area contributed by atoms with Gasteiger partial charge in [-0.05, 0) is 23.8 Å². The molecule has 0 aliphatic carbocycles. The zero-order chi connectivity index (χ0) is 14.4. The Morgan fingerprint density at radius 1 is 1.10 bits per heavy atom. The monoisotopic (exact) mass is 271 g/mol. The number of hydrogen-bond acceptors (Lipinski definition) is 3. The minimum absolute atomic E-state index is 0.265. The third-order valence-electron chi connectivity index (χ3n) is 2.98. The van der Waals surface area contributed by atoms with Gasteiger partial charge in [0.25, 0.3) is 0 Å². The Kier molecular flexibility index (Phi) is 5.02. The van der Waals surface area contributed by atoms with Gasteiger partial charge in [-0.15, -0.1) is 0 Å². The first-order valence-electron chi connectivity index (χ1n) is 6.87. The summed E-state index contributed by atoms with van der Waals surface area (Å²) in [6.45, 7) is 5.48. The number of nitrogens with one attached hydrogen (secondary N) is 1. The van der Waals surface area contributed by atoms with Gasteiger partial charge in [0.05, 0.1) is 0 Å². The van der Waals surface area contributed by atoms with Crippen LogP contribution in [0.25, 0.3) is 0 Å². The predicted octanol–water partition coefficient (Wildman–Crippen LogP) is 3.47. The number of phenols is 1. The van der Waals surface area contributed by atoms with Gasteiger partial charge in [-0.3, -0.25) is 0 Å². The molecule has 0 unspecified atom stereocenters.